The number of halogens is 2. The summed E-state index contributed by atoms with van der Waals surface area (Å²) in [5.74, 6) is -1.58. The van der Waals surface area contributed by atoms with Gasteiger partial charge in [-0.15, -0.1) is 10.2 Å². The number of hydrogen-bond acceptors (Lipinski definition) is 6. The van der Waals surface area contributed by atoms with E-state index >= 15 is 0 Å². The zero-order valence-corrected chi connectivity index (χ0v) is 17.8. The summed E-state index contributed by atoms with van der Waals surface area (Å²) in [6.45, 7) is 0.556. The molecule has 1 atom stereocenters. The molecule has 3 aromatic rings. The van der Waals surface area contributed by atoms with Gasteiger partial charge in [0.2, 0.25) is 15.0 Å². The number of nitrogens with zero attached hydrogens (tertiary/aromatic N) is 3. The number of carbonyl (C=O) groups is 1. The first-order valence-electron chi connectivity index (χ1n) is 9.49. The molecule has 1 aromatic heterocycles. The van der Waals surface area contributed by atoms with Crippen LogP contribution in [0, 0.1) is 11.6 Å². The molecule has 2 aromatic carbocycles. The van der Waals surface area contributed by atoms with Crippen molar-refractivity contribution < 1.29 is 22.0 Å². The fourth-order valence-corrected chi connectivity index (χ4v) is 5.72. The maximum Gasteiger partial charge on any atom is 0.286 e. The summed E-state index contributed by atoms with van der Waals surface area (Å²) in [4.78, 5) is 12.4. The van der Waals surface area contributed by atoms with Crippen molar-refractivity contribution in [3.8, 4) is 0 Å². The molecule has 1 fully saturated rings. The highest BCUT2D eigenvalue weighted by Gasteiger charge is 2.32. The van der Waals surface area contributed by atoms with Crippen LogP contribution in [0.25, 0.3) is 0 Å². The van der Waals surface area contributed by atoms with E-state index in [0.29, 0.717) is 30.1 Å². The van der Waals surface area contributed by atoms with Gasteiger partial charge in [-0.25, -0.2) is 17.2 Å². The Kier molecular flexibility index (Phi) is 6.08. The van der Waals surface area contributed by atoms with Crippen molar-refractivity contribution in [2.75, 3.05) is 18.4 Å². The Balaban J connectivity index is 1.46. The van der Waals surface area contributed by atoms with Crippen molar-refractivity contribution >= 4 is 33.0 Å². The van der Waals surface area contributed by atoms with Gasteiger partial charge in [-0.2, -0.15) is 4.31 Å². The van der Waals surface area contributed by atoms with Crippen LogP contribution >= 0.6 is 11.3 Å². The van der Waals surface area contributed by atoms with Crippen LogP contribution in [0.5, 0.6) is 0 Å². The number of aromatic nitrogens is 2. The molecule has 1 N–H and O–H groups in total. The van der Waals surface area contributed by atoms with E-state index in [9.17, 15) is 22.0 Å². The molecule has 162 valence electrons. The Bertz CT molecular complexity index is 1180. The van der Waals surface area contributed by atoms with E-state index in [1.807, 2.05) is 0 Å². The predicted octanol–water partition coefficient (Wildman–Crippen LogP) is 3.64. The zero-order valence-electron chi connectivity index (χ0n) is 16.2. The first-order chi connectivity index (χ1) is 14.8. The molecule has 1 amide bonds. The average Bonchev–Trinajstić information content (AvgIpc) is 3.26. The lowest BCUT2D eigenvalue weighted by Crippen LogP contribution is -2.39. The molecule has 2 heterocycles. The summed E-state index contributed by atoms with van der Waals surface area (Å²) >= 11 is 1.10. The monoisotopic (exact) mass is 464 g/mol. The van der Waals surface area contributed by atoms with Crippen LogP contribution in [-0.4, -0.2) is 41.9 Å². The van der Waals surface area contributed by atoms with Crippen molar-refractivity contribution in [3.63, 3.8) is 0 Å². The minimum absolute atomic E-state index is 0.0335. The van der Waals surface area contributed by atoms with Crippen LogP contribution in [0.1, 0.15) is 33.6 Å². The molecule has 1 aliphatic heterocycles. The van der Waals surface area contributed by atoms with E-state index in [1.54, 1.807) is 0 Å². The number of piperidine rings is 1. The molecule has 7 nitrogen and oxygen atoms in total. The van der Waals surface area contributed by atoms with Crippen molar-refractivity contribution in [2.45, 2.75) is 23.7 Å². The quantitative estimate of drug-likeness (QED) is 0.623. The van der Waals surface area contributed by atoms with E-state index in [0.717, 1.165) is 23.5 Å². The van der Waals surface area contributed by atoms with Gasteiger partial charge in [0.15, 0.2) is 0 Å². The smallest absolute Gasteiger partial charge is 0.286 e. The van der Waals surface area contributed by atoms with Gasteiger partial charge in [-0.1, -0.05) is 11.3 Å². The maximum atomic E-state index is 13.2. The number of amides is 1. The van der Waals surface area contributed by atoms with Gasteiger partial charge in [-0.05, 0) is 61.4 Å². The molecule has 0 spiro atoms. The lowest BCUT2D eigenvalue weighted by molar-refractivity contribution is 0.102. The maximum absolute atomic E-state index is 13.2. The Hall–Kier alpha value is -2.76. The van der Waals surface area contributed by atoms with E-state index < -0.39 is 27.6 Å². The van der Waals surface area contributed by atoms with Gasteiger partial charge in [-0.3, -0.25) is 4.79 Å². The van der Waals surface area contributed by atoms with Gasteiger partial charge in [0, 0.05) is 24.7 Å². The second-order valence-electron chi connectivity index (χ2n) is 7.06. The summed E-state index contributed by atoms with van der Waals surface area (Å²) in [6.07, 6.45) is 1.34. The van der Waals surface area contributed by atoms with E-state index in [2.05, 4.69) is 15.5 Å². The zero-order chi connectivity index (χ0) is 22.0. The van der Waals surface area contributed by atoms with Crippen LogP contribution < -0.4 is 5.32 Å². The SMILES string of the molecule is O=C(Nc1ccc(F)cc1)c1nnc([C@@H]2CCCN(S(=O)(=O)c3ccc(F)cc3)C2)s1. The third-order valence-electron chi connectivity index (χ3n) is 4.92. The van der Waals surface area contributed by atoms with Crippen LogP contribution in [0.2, 0.25) is 0 Å². The molecule has 11 heteroatoms. The number of rotatable bonds is 5. The van der Waals surface area contributed by atoms with Crippen molar-refractivity contribution in [2.24, 2.45) is 0 Å². The molecule has 0 radical (unpaired) electrons. The van der Waals surface area contributed by atoms with Crippen LogP contribution in [-0.2, 0) is 10.0 Å². The second kappa shape index (κ2) is 8.77. The lowest BCUT2D eigenvalue weighted by Gasteiger charge is -2.30. The highest BCUT2D eigenvalue weighted by atomic mass is 32.2. The normalized spacial score (nSPS) is 17.4. The number of sulfonamides is 1. The standard InChI is InChI=1S/C20H18F2N4O3S2/c21-14-3-7-16(8-4-14)23-18(27)20-25-24-19(30-20)13-2-1-11-26(12-13)31(28,29)17-9-5-15(22)6-10-17/h3-10,13H,1-2,11-12H2,(H,23,27)/t13-/m1/s1. The second-order valence-corrected chi connectivity index (χ2v) is 10.0. The molecule has 31 heavy (non-hydrogen) atoms. The van der Waals surface area contributed by atoms with Crippen LogP contribution in [0.3, 0.4) is 0 Å². The number of anilines is 1. The minimum atomic E-state index is -3.76. The summed E-state index contributed by atoms with van der Waals surface area (Å²) in [7, 11) is -3.76. The number of nitrogens with one attached hydrogen (secondary N) is 1. The highest BCUT2D eigenvalue weighted by molar-refractivity contribution is 7.89. The Labute approximate surface area is 181 Å². The van der Waals surface area contributed by atoms with Gasteiger partial charge in [0.05, 0.1) is 4.90 Å². The van der Waals surface area contributed by atoms with Crippen molar-refractivity contribution in [1.29, 1.82) is 0 Å². The molecular formula is C20H18F2N4O3S2. The summed E-state index contributed by atoms with van der Waals surface area (Å²) < 4.78 is 53.3. The molecule has 0 bridgehead atoms. The first-order valence-corrected chi connectivity index (χ1v) is 11.7. The fraction of sp³-hybridized carbons (Fsp3) is 0.250. The summed E-state index contributed by atoms with van der Waals surface area (Å²) in [5.41, 5.74) is 0.428. The molecule has 1 saturated heterocycles. The largest absolute Gasteiger partial charge is 0.320 e. The Morgan fingerprint density at radius 3 is 2.35 bits per heavy atom. The van der Waals surface area contributed by atoms with Crippen molar-refractivity contribution in [3.05, 3.63) is 70.2 Å². The van der Waals surface area contributed by atoms with Gasteiger partial charge in [0.1, 0.15) is 16.6 Å². The average molecular weight is 465 g/mol. The lowest BCUT2D eigenvalue weighted by atomic mass is 10.0. The molecule has 4 rings (SSSR count). The first kappa shape index (κ1) is 21.5. The summed E-state index contributed by atoms with van der Waals surface area (Å²) in [5, 5.41) is 11.4. The number of hydrogen-bond donors (Lipinski definition) is 1. The van der Waals surface area contributed by atoms with Crippen molar-refractivity contribution in [1.82, 2.24) is 14.5 Å². The summed E-state index contributed by atoms with van der Waals surface area (Å²) in [6, 6.07) is 10.1. The predicted molar refractivity (Wildman–Crippen MR) is 111 cm³/mol. The number of carbonyl (C=O) groups excluding carboxylic acids is 1. The molecule has 0 saturated carbocycles. The molecule has 0 unspecified atom stereocenters. The van der Waals surface area contributed by atoms with E-state index in [1.165, 1.54) is 40.7 Å². The van der Waals surface area contributed by atoms with Gasteiger partial charge in [0.25, 0.3) is 5.91 Å². The van der Waals surface area contributed by atoms with Gasteiger partial charge >= 0.3 is 0 Å². The number of benzene rings is 2. The Morgan fingerprint density at radius 2 is 1.68 bits per heavy atom. The van der Waals surface area contributed by atoms with Crippen LogP contribution in [0.15, 0.2) is 53.4 Å². The van der Waals surface area contributed by atoms with E-state index in [-0.39, 0.29) is 22.4 Å². The Morgan fingerprint density at radius 1 is 1.03 bits per heavy atom. The molecule has 0 aliphatic carbocycles. The van der Waals surface area contributed by atoms with Gasteiger partial charge < -0.3 is 5.32 Å². The fourth-order valence-electron chi connectivity index (χ4n) is 3.33. The van der Waals surface area contributed by atoms with Crippen LogP contribution in [0.4, 0.5) is 14.5 Å². The minimum Gasteiger partial charge on any atom is -0.320 e. The molecular weight excluding hydrogens is 446 g/mol. The molecule has 1 aliphatic rings. The topological polar surface area (TPSA) is 92.3 Å². The third kappa shape index (κ3) is 4.78. The highest BCUT2D eigenvalue weighted by Crippen LogP contribution is 2.32. The third-order valence-corrected chi connectivity index (χ3v) is 7.89. The van der Waals surface area contributed by atoms with E-state index in [4.69, 9.17) is 0 Å².